The summed E-state index contributed by atoms with van der Waals surface area (Å²) in [5.74, 6) is -0.442. The molecule has 4 aromatic rings. The van der Waals surface area contributed by atoms with Crippen LogP contribution < -0.4 is 14.8 Å². The summed E-state index contributed by atoms with van der Waals surface area (Å²) in [5, 5.41) is 2.81. The molecular formula is C25H17Cl2FN2O4S. The van der Waals surface area contributed by atoms with E-state index in [1.165, 1.54) is 36.4 Å². The lowest BCUT2D eigenvalue weighted by molar-refractivity contribution is 0.102. The second-order valence-electron chi connectivity index (χ2n) is 7.26. The van der Waals surface area contributed by atoms with E-state index in [2.05, 4.69) is 10.0 Å². The van der Waals surface area contributed by atoms with Crippen LogP contribution in [0.3, 0.4) is 0 Å². The van der Waals surface area contributed by atoms with Gasteiger partial charge >= 0.3 is 0 Å². The fourth-order valence-corrected chi connectivity index (χ4v) is 4.62. The maximum atomic E-state index is 14.6. The normalized spacial score (nSPS) is 11.1. The van der Waals surface area contributed by atoms with Crippen molar-refractivity contribution in [2.75, 3.05) is 10.0 Å². The Morgan fingerprint density at radius 2 is 1.51 bits per heavy atom. The van der Waals surface area contributed by atoms with Gasteiger partial charge in [0.2, 0.25) is 0 Å². The number of hydrogen-bond donors (Lipinski definition) is 2. The molecule has 10 heteroatoms. The second kappa shape index (κ2) is 10.4. The van der Waals surface area contributed by atoms with Crippen molar-refractivity contribution in [3.63, 3.8) is 0 Å². The van der Waals surface area contributed by atoms with Crippen LogP contribution in [-0.4, -0.2) is 14.3 Å². The number of carbonyl (C=O) groups is 1. The van der Waals surface area contributed by atoms with Crippen LogP contribution >= 0.6 is 23.2 Å². The average Bonchev–Trinajstić information content (AvgIpc) is 2.82. The van der Waals surface area contributed by atoms with Crippen LogP contribution in [0.1, 0.15) is 10.4 Å². The summed E-state index contributed by atoms with van der Waals surface area (Å²) < 4.78 is 48.2. The third kappa shape index (κ3) is 6.10. The number of hydrogen-bond acceptors (Lipinski definition) is 4. The number of anilines is 2. The van der Waals surface area contributed by atoms with Gasteiger partial charge in [-0.2, -0.15) is 0 Å². The molecule has 1 amide bonds. The molecule has 0 aromatic heterocycles. The van der Waals surface area contributed by atoms with Crippen molar-refractivity contribution in [3.8, 4) is 11.5 Å². The quantitative estimate of drug-likeness (QED) is 0.270. The molecule has 0 aliphatic rings. The molecular weight excluding hydrogens is 514 g/mol. The first-order valence-corrected chi connectivity index (χ1v) is 12.4. The van der Waals surface area contributed by atoms with E-state index in [4.69, 9.17) is 27.9 Å². The van der Waals surface area contributed by atoms with E-state index in [0.29, 0.717) is 16.5 Å². The predicted octanol–water partition coefficient (Wildman–Crippen LogP) is 6.98. The molecule has 4 aromatic carbocycles. The van der Waals surface area contributed by atoms with Gasteiger partial charge in [0.15, 0.2) is 0 Å². The lowest BCUT2D eigenvalue weighted by atomic mass is 10.2. The number of nitrogens with one attached hydrogen (secondary N) is 2. The summed E-state index contributed by atoms with van der Waals surface area (Å²) in [6, 6.07) is 22.8. The number of ether oxygens (including phenoxy) is 1. The fourth-order valence-electron chi connectivity index (χ4n) is 3.06. The monoisotopic (exact) mass is 530 g/mol. The molecule has 0 aliphatic carbocycles. The SMILES string of the molecule is O=C(Nc1ccc(S(=O)(=O)Nc2ccc(Oc3ccccc3)cc2)cc1F)c1ccc(Cl)cc1Cl. The second-order valence-corrected chi connectivity index (χ2v) is 9.79. The number of para-hydroxylation sites is 1. The van der Waals surface area contributed by atoms with Crippen molar-refractivity contribution < 1.29 is 22.3 Å². The summed E-state index contributed by atoms with van der Waals surface area (Å²) in [6.45, 7) is 0. The van der Waals surface area contributed by atoms with Gasteiger partial charge in [0.1, 0.15) is 17.3 Å². The van der Waals surface area contributed by atoms with Gasteiger partial charge in [-0.3, -0.25) is 9.52 Å². The Labute approximate surface area is 211 Å². The zero-order chi connectivity index (χ0) is 25.0. The Morgan fingerprint density at radius 1 is 0.829 bits per heavy atom. The third-order valence-corrected chi connectivity index (χ3v) is 6.69. The minimum Gasteiger partial charge on any atom is -0.457 e. The first-order valence-electron chi connectivity index (χ1n) is 10.1. The lowest BCUT2D eigenvalue weighted by Gasteiger charge is -2.12. The van der Waals surface area contributed by atoms with Crippen LogP contribution in [0.25, 0.3) is 0 Å². The maximum Gasteiger partial charge on any atom is 0.261 e. The van der Waals surface area contributed by atoms with Crippen LogP contribution in [-0.2, 0) is 10.0 Å². The molecule has 0 saturated heterocycles. The van der Waals surface area contributed by atoms with Crippen LogP contribution in [0.4, 0.5) is 15.8 Å². The Morgan fingerprint density at radius 3 is 2.17 bits per heavy atom. The van der Waals surface area contributed by atoms with Gasteiger partial charge in [0.25, 0.3) is 15.9 Å². The molecule has 4 rings (SSSR count). The Kier molecular flexibility index (Phi) is 7.25. The number of halogens is 3. The molecule has 0 saturated carbocycles. The zero-order valence-electron chi connectivity index (χ0n) is 17.8. The van der Waals surface area contributed by atoms with E-state index in [0.717, 1.165) is 12.1 Å². The molecule has 0 unspecified atom stereocenters. The molecule has 35 heavy (non-hydrogen) atoms. The van der Waals surface area contributed by atoms with E-state index in [1.54, 1.807) is 24.3 Å². The molecule has 0 heterocycles. The molecule has 0 bridgehead atoms. The van der Waals surface area contributed by atoms with Gasteiger partial charge in [0, 0.05) is 10.7 Å². The lowest BCUT2D eigenvalue weighted by Crippen LogP contribution is -2.15. The zero-order valence-corrected chi connectivity index (χ0v) is 20.2. The van der Waals surface area contributed by atoms with E-state index < -0.39 is 21.7 Å². The smallest absolute Gasteiger partial charge is 0.261 e. The first-order chi connectivity index (χ1) is 16.7. The van der Waals surface area contributed by atoms with Gasteiger partial charge in [-0.15, -0.1) is 0 Å². The van der Waals surface area contributed by atoms with Gasteiger partial charge in [-0.1, -0.05) is 41.4 Å². The highest BCUT2D eigenvalue weighted by atomic mass is 35.5. The van der Waals surface area contributed by atoms with Crippen molar-refractivity contribution in [1.82, 2.24) is 0 Å². The molecule has 178 valence electrons. The highest BCUT2D eigenvalue weighted by Gasteiger charge is 2.19. The summed E-state index contributed by atoms with van der Waals surface area (Å²) >= 11 is 11.8. The van der Waals surface area contributed by atoms with Crippen LogP contribution in [0.2, 0.25) is 10.0 Å². The van der Waals surface area contributed by atoms with Crippen LogP contribution in [0.15, 0.2) is 95.9 Å². The minimum atomic E-state index is -4.10. The molecule has 2 N–H and O–H groups in total. The Bertz CT molecular complexity index is 1480. The Balaban J connectivity index is 1.45. The Hall–Kier alpha value is -3.59. The average molecular weight is 531 g/mol. The molecule has 0 radical (unpaired) electrons. The van der Waals surface area contributed by atoms with E-state index in [1.807, 2.05) is 18.2 Å². The number of benzene rings is 4. The number of carbonyl (C=O) groups excluding carboxylic acids is 1. The summed E-state index contributed by atoms with van der Waals surface area (Å²) in [5.41, 5.74) is 0.150. The van der Waals surface area contributed by atoms with E-state index >= 15 is 0 Å². The molecule has 6 nitrogen and oxygen atoms in total. The van der Waals surface area contributed by atoms with Gasteiger partial charge in [0.05, 0.1) is 21.2 Å². The van der Waals surface area contributed by atoms with Gasteiger partial charge < -0.3 is 10.1 Å². The number of sulfonamides is 1. The summed E-state index contributed by atoms with van der Waals surface area (Å²) in [7, 11) is -4.10. The number of rotatable bonds is 7. The van der Waals surface area contributed by atoms with E-state index in [9.17, 15) is 17.6 Å². The molecule has 0 fully saturated rings. The molecule has 0 atom stereocenters. The van der Waals surface area contributed by atoms with Crippen LogP contribution in [0, 0.1) is 5.82 Å². The highest BCUT2D eigenvalue weighted by Crippen LogP contribution is 2.26. The molecule has 0 aliphatic heterocycles. The highest BCUT2D eigenvalue weighted by molar-refractivity contribution is 7.92. The summed E-state index contributed by atoms with van der Waals surface area (Å²) in [4.78, 5) is 12.1. The predicted molar refractivity (Wildman–Crippen MR) is 135 cm³/mol. The van der Waals surface area contributed by atoms with Gasteiger partial charge in [-0.05, 0) is 72.8 Å². The summed E-state index contributed by atoms with van der Waals surface area (Å²) in [6.07, 6.45) is 0. The van der Waals surface area contributed by atoms with Crippen molar-refractivity contribution >= 4 is 50.5 Å². The van der Waals surface area contributed by atoms with Crippen molar-refractivity contribution in [2.45, 2.75) is 4.90 Å². The van der Waals surface area contributed by atoms with Gasteiger partial charge in [-0.25, -0.2) is 12.8 Å². The van der Waals surface area contributed by atoms with Crippen molar-refractivity contribution in [3.05, 3.63) is 112 Å². The maximum absolute atomic E-state index is 14.6. The topological polar surface area (TPSA) is 84.5 Å². The first kappa shape index (κ1) is 24.5. The van der Waals surface area contributed by atoms with Crippen LogP contribution in [0.5, 0.6) is 11.5 Å². The third-order valence-electron chi connectivity index (χ3n) is 4.76. The largest absolute Gasteiger partial charge is 0.457 e. The van der Waals surface area contributed by atoms with Crippen molar-refractivity contribution in [2.24, 2.45) is 0 Å². The molecule has 0 spiro atoms. The number of amides is 1. The minimum absolute atomic E-state index is 0.0912. The fraction of sp³-hybridized carbons (Fsp3) is 0. The van der Waals surface area contributed by atoms with Crippen molar-refractivity contribution in [1.29, 1.82) is 0 Å². The van der Waals surface area contributed by atoms with E-state index in [-0.39, 0.29) is 26.9 Å². The standard InChI is InChI=1S/C25H17Cl2FN2O4S/c26-16-6-12-21(22(27)14-16)25(31)29-24-13-11-20(15-23(24)28)35(32,33)30-17-7-9-19(10-8-17)34-18-4-2-1-3-5-18/h1-15,30H,(H,29,31).